The van der Waals surface area contributed by atoms with Gasteiger partial charge in [-0.3, -0.25) is 69.9 Å². The SMILES string of the molecule is CS(=O)(=O)c1cc(CN2CCC(c3[nH]ncc3Cc3ccccc3)CC2)ccn1.Cc1cnccc1CN1CCC(c2[nH]ncc2Cc2ccccc2)CC1.Clc1cnccc1CN1CC(c2[nH]ncc2Cc2ccccc2)C1.Clc1cnccc1CN1CCC(c2[nH]ncc2Cc2ccccc2)C1.Clc1cnccc1CN1CCCC(c2[nH]ncc2Cc2ccccc2)C1.O=S=O. The normalized spacial score (nSPS) is 16.4. The van der Waals surface area contributed by atoms with Crippen molar-refractivity contribution in [3.8, 4) is 0 Å². The lowest BCUT2D eigenvalue weighted by Crippen LogP contribution is -2.44. The number of nitrogens with one attached hydrogen (secondary N) is 5. The van der Waals surface area contributed by atoms with Crippen LogP contribution in [0.5, 0.6) is 0 Å². The second-order valence-corrected chi connectivity index (χ2v) is 38.5. The van der Waals surface area contributed by atoms with Crippen molar-refractivity contribution in [2.24, 2.45) is 0 Å². The molecule has 24 nitrogen and oxygen atoms in total. The van der Waals surface area contributed by atoms with Gasteiger partial charge < -0.3 is 0 Å². The van der Waals surface area contributed by atoms with Gasteiger partial charge in [0.05, 0.1) is 46.1 Å². The molecule has 5 aromatic carbocycles. The first-order valence-corrected chi connectivity index (χ1v) is 49.4. The molecule has 20 rings (SSSR count). The summed E-state index contributed by atoms with van der Waals surface area (Å²) >= 11 is 18.0. The Morgan fingerprint density at radius 3 is 0.992 bits per heavy atom. The number of piperidine rings is 3. The number of aryl methyl sites for hydroxylation is 1. The first-order valence-electron chi connectivity index (χ1n) is 45.7. The van der Waals surface area contributed by atoms with Crippen molar-refractivity contribution in [3.05, 3.63) is 407 Å². The lowest BCUT2D eigenvalue weighted by Gasteiger charge is -2.39. The summed E-state index contributed by atoms with van der Waals surface area (Å²) in [5, 5.41) is 40.2. The van der Waals surface area contributed by atoms with Gasteiger partial charge in [-0.25, -0.2) is 13.4 Å². The van der Waals surface area contributed by atoms with Crippen LogP contribution in [0.2, 0.25) is 15.1 Å². The fourth-order valence-electron chi connectivity index (χ4n) is 18.7. The molecule has 0 spiro atoms. The average molecular weight is 1880 g/mol. The third-order valence-corrected chi connectivity index (χ3v) is 27.8. The highest BCUT2D eigenvalue weighted by molar-refractivity contribution is 7.90. The fourth-order valence-corrected chi connectivity index (χ4v) is 19.8. The van der Waals surface area contributed by atoms with E-state index in [9.17, 15) is 8.42 Å². The Morgan fingerprint density at radius 1 is 0.323 bits per heavy atom. The van der Waals surface area contributed by atoms with E-state index in [1.165, 1.54) is 127 Å². The van der Waals surface area contributed by atoms with Gasteiger partial charge in [0, 0.05) is 211 Å². The molecule has 10 aromatic heterocycles. The number of likely N-dealkylation sites (tertiary alicyclic amines) is 5. The van der Waals surface area contributed by atoms with Crippen LogP contribution in [0.4, 0.5) is 0 Å². The molecule has 0 amide bonds. The summed E-state index contributed by atoms with van der Waals surface area (Å²) in [6.07, 6.45) is 39.8. The number of hydrogen-bond donors (Lipinski definition) is 5. The number of pyridine rings is 5. The molecular weight excluding hydrogens is 1760 g/mol. The molecule has 5 aliphatic heterocycles. The molecule has 688 valence electrons. The van der Waals surface area contributed by atoms with E-state index < -0.39 is 21.4 Å². The van der Waals surface area contributed by atoms with Gasteiger partial charge in [-0.15, -0.1) is 0 Å². The van der Waals surface area contributed by atoms with Crippen LogP contribution in [-0.4, -0.2) is 189 Å². The van der Waals surface area contributed by atoms with E-state index in [4.69, 9.17) is 43.2 Å². The highest BCUT2D eigenvalue weighted by atomic mass is 35.5. The number of benzene rings is 5. The number of halogens is 3. The Hall–Kier alpha value is -11.7. The fraction of sp³-hybridized carbons (Fsp3) is 0.327. The minimum absolute atomic E-state index is 0.146. The molecule has 0 saturated carbocycles. The number of rotatable bonds is 26. The minimum atomic E-state index is -3.28. The molecule has 2 atom stereocenters. The van der Waals surface area contributed by atoms with Crippen molar-refractivity contribution in [3.63, 3.8) is 0 Å². The van der Waals surface area contributed by atoms with E-state index in [0.717, 1.165) is 187 Å². The van der Waals surface area contributed by atoms with Crippen LogP contribution in [0.15, 0.2) is 280 Å². The van der Waals surface area contributed by atoms with Crippen molar-refractivity contribution < 1.29 is 16.8 Å². The third kappa shape index (κ3) is 28.0. The first-order chi connectivity index (χ1) is 65.1. The smallest absolute Gasteiger partial charge is 0.299 e. The molecule has 5 N–H and O–H groups in total. The van der Waals surface area contributed by atoms with E-state index in [1.54, 1.807) is 37.1 Å². The maximum atomic E-state index is 11.7. The van der Waals surface area contributed by atoms with Crippen LogP contribution in [0.3, 0.4) is 0 Å². The molecule has 133 heavy (non-hydrogen) atoms. The summed E-state index contributed by atoms with van der Waals surface area (Å²) in [6, 6.07) is 64.6. The summed E-state index contributed by atoms with van der Waals surface area (Å²) in [7, 11) is -3.28. The van der Waals surface area contributed by atoms with Gasteiger partial charge in [0.2, 0.25) is 0 Å². The van der Waals surface area contributed by atoms with Crippen LogP contribution in [0, 0.1) is 6.92 Å². The van der Waals surface area contributed by atoms with Crippen molar-refractivity contribution in [1.29, 1.82) is 0 Å². The van der Waals surface area contributed by atoms with Crippen LogP contribution in [-0.2, 0) is 86.2 Å². The Balaban J connectivity index is 0.000000126. The number of sulfone groups is 1. The number of aromatic nitrogens is 15. The summed E-state index contributed by atoms with van der Waals surface area (Å²) in [5.74, 6) is 2.58. The van der Waals surface area contributed by atoms with Gasteiger partial charge in [0.25, 0.3) is 0 Å². The molecule has 0 radical (unpaired) electrons. The van der Waals surface area contributed by atoms with Gasteiger partial charge in [-0.05, 0) is 217 Å². The zero-order chi connectivity index (χ0) is 91.9. The molecule has 0 bridgehead atoms. The summed E-state index contributed by atoms with van der Waals surface area (Å²) < 4.78 is 40.0. The Labute approximate surface area is 798 Å². The predicted octanol–water partition coefficient (Wildman–Crippen LogP) is 18.7. The first kappa shape index (κ1) is 95.9. The molecule has 15 aromatic rings. The van der Waals surface area contributed by atoms with Gasteiger partial charge >= 0.3 is 11.6 Å². The van der Waals surface area contributed by atoms with Crippen LogP contribution in [0.1, 0.15) is 192 Å². The molecule has 15 heterocycles. The summed E-state index contributed by atoms with van der Waals surface area (Å²) in [4.78, 5) is 32.6. The standard InChI is InChI=1S/C22H26N4O2S.C22H26N4.C21H23ClN4.C20H21ClN4.C19H19ClN4.O2S/c1-29(27,28)21-14-18(7-10-23-21)16-26-11-8-19(9-12-26)22-20(15-24-25-22)13-17-5-3-2-4-6-17;1-17-14-23-10-7-20(17)16-26-11-8-19(9-12-26)22-21(15-24-25-22)13-18-5-3-2-4-6-18;22-20-13-23-9-8-17(20)14-26-10-4-7-18(15-26)21-19(12-24-25-21)11-16-5-2-1-3-6-16;21-19-12-22-8-6-16(19)13-25-9-7-17(14-25)20-18(11-23-24-20)10-15-4-2-1-3-5-15;20-18-10-21-7-6-15(18)11-24-12-17(13-24)19-16(9-22-23-19)8-14-4-2-1-3-5-14;1-3-2/h2-7,10,14-15,19H,8-9,11-13,16H2,1H3,(H,24,25);2-7,10,14-15,19H,8-9,11-13,16H2,1H3,(H,24,25);1-3,5-6,8-9,12-13,18H,4,7,10-11,14-15H2,(H,24,25);1-6,8,11-12,17H,7,9-10,13-14H2,(H,23,24);1-7,9-10,17H,8,11-13H2,(H,22,23);. The van der Waals surface area contributed by atoms with Gasteiger partial charge in [-0.1, -0.05) is 186 Å². The Morgan fingerprint density at radius 2 is 0.624 bits per heavy atom. The second-order valence-electron chi connectivity index (χ2n) is 35.2. The molecular formula is C104H115Cl3N20O4S2. The number of nitrogens with zero attached hydrogens (tertiary/aromatic N) is 15. The molecule has 2 unspecified atom stereocenters. The molecule has 5 fully saturated rings. The quantitative estimate of drug-likeness (QED) is 0.0337. The van der Waals surface area contributed by atoms with E-state index in [2.05, 4.69) is 253 Å². The van der Waals surface area contributed by atoms with Crippen LogP contribution < -0.4 is 0 Å². The maximum absolute atomic E-state index is 11.7. The van der Waals surface area contributed by atoms with Crippen molar-refractivity contribution in [2.45, 2.75) is 151 Å². The largest absolute Gasteiger partial charge is 0.335 e. The highest BCUT2D eigenvalue weighted by Gasteiger charge is 2.34. The zero-order valence-corrected chi connectivity index (χ0v) is 79.2. The monoisotopic (exact) mass is 1880 g/mol. The number of H-pyrrole nitrogens is 5. The van der Waals surface area contributed by atoms with E-state index >= 15 is 0 Å². The molecule has 5 saturated heterocycles. The molecule has 0 aliphatic carbocycles. The number of aromatic amines is 5. The van der Waals surface area contributed by atoms with Crippen molar-refractivity contribution in [2.75, 3.05) is 71.7 Å². The lowest BCUT2D eigenvalue weighted by molar-refractivity contribution is 0.137. The summed E-state index contributed by atoms with van der Waals surface area (Å²) in [6.45, 7) is 17.1. The number of hydrogen-bond acceptors (Lipinski definition) is 19. The van der Waals surface area contributed by atoms with E-state index in [-0.39, 0.29) is 5.03 Å². The van der Waals surface area contributed by atoms with Crippen LogP contribution in [0.25, 0.3) is 0 Å². The zero-order valence-electron chi connectivity index (χ0n) is 75.3. The molecule has 29 heteroatoms. The lowest BCUT2D eigenvalue weighted by atomic mass is 9.89. The summed E-state index contributed by atoms with van der Waals surface area (Å²) in [5.41, 5.74) is 26.7. The molecule has 5 aliphatic rings. The predicted molar refractivity (Wildman–Crippen MR) is 525 cm³/mol. The minimum Gasteiger partial charge on any atom is -0.299 e. The Bertz CT molecular complexity index is 6220. The van der Waals surface area contributed by atoms with Gasteiger partial charge in [0.1, 0.15) is 0 Å². The van der Waals surface area contributed by atoms with E-state index in [0.29, 0.717) is 29.6 Å². The van der Waals surface area contributed by atoms with Gasteiger partial charge in [0.15, 0.2) is 14.9 Å². The van der Waals surface area contributed by atoms with Crippen molar-refractivity contribution in [1.82, 2.24) is 100 Å². The third-order valence-electron chi connectivity index (χ3n) is 25.8. The van der Waals surface area contributed by atoms with Crippen molar-refractivity contribution >= 4 is 56.2 Å². The van der Waals surface area contributed by atoms with Crippen LogP contribution >= 0.6 is 34.8 Å². The highest BCUT2D eigenvalue weighted by Crippen LogP contribution is 2.37. The average Bonchev–Trinajstić information content (AvgIpc) is 1.74. The van der Waals surface area contributed by atoms with E-state index in [1.807, 2.05) is 92.2 Å². The topological polar surface area (TPSA) is 292 Å². The second kappa shape index (κ2) is 48.8. The van der Waals surface area contributed by atoms with Gasteiger partial charge in [-0.2, -0.15) is 33.9 Å². The Kier molecular flexibility index (Phi) is 35.2. The maximum Gasteiger partial charge on any atom is 0.335 e.